The Balaban J connectivity index is 1.35. The molecule has 0 unspecified atom stereocenters. The molecule has 4 aromatic rings. The highest BCUT2D eigenvalue weighted by Gasteiger charge is 2.13. The Kier molecular flexibility index (Phi) is 6.59. The molecule has 158 valence electrons. The smallest absolute Gasteiger partial charge is 0.227 e. The molecule has 0 aliphatic rings. The molecular formula is C23H21N3O4S. The summed E-state index contributed by atoms with van der Waals surface area (Å²) in [7, 11) is 0. The van der Waals surface area contributed by atoms with Gasteiger partial charge in [-0.3, -0.25) is 4.79 Å². The van der Waals surface area contributed by atoms with E-state index in [0.29, 0.717) is 41.9 Å². The molecular weight excluding hydrogens is 414 g/mol. The summed E-state index contributed by atoms with van der Waals surface area (Å²) in [6.07, 6.45) is 0.565. The van der Waals surface area contributed by atoms with Crippen molar-refractivity contribution in [3.63, 3.8) is 0 Å². The van der Waals surface area contributed by atoms with E-state index in [1.54, 1.807) is 12.1 Å². The number of ether oxygens (including phenoxy) is 2. The summed E-state index contributed by atoms with van der Waals surface area (Å²) in [6, 6.07) is 18.5. The van der Waals surface area contributed by atoms with Crippen molar-refractivity contribution in [2.75, 3.05) is 11.9 Å². The van der Waals surface area contributed by atoms with Gasteiger partial charge in [-0.25, -0.2) is 0 Å². The molecule has 0 spiro atoms. The molecule has 2 aromatic carbocycles. The zero-order valence-corrected chi connectivity index (χ0v) is 17.7. The molecule has 0 radical (unpaired) electrons. The number of nitrogens with zero attached hydrogens (tertiary/aromatic N) is 2. The normalized spacial score (nSPS) is 10.6. The van der Waals surface area contributed by atoms with Gasteiger partial charge >= 0.3 is 0 Å². The topological polar surface area (TPSA) is 86.5 Å². The van der Waals surface area contributed by atoms with Gasteiger partial charge in [0.2, 0.25) is 17.6 Å². The van der Waals surface area contributed by atoms with Crippen LogP contribution >= 0.6 is 11.3 Å². The highest BCUT2D eigenvalue weighted by Crippen LogP contribution is 2.30. The summed E-state index contributed by atoms with van der Waals surface area (Å²) in [5.74, 6) is 2.78. The van der Waals surface area contributed by atoms with Gasteiger partial charge in [0, 0.05) is 12.8 Å². The van der Waals surface area contributed by atoms with E-state index in [9.17, 15) is 4.79 Å². The molecule has 0 aliphatic heterocycles. The van der Waals surface area contributed by atoms with Crippen LogP contribution in [0.3, 0.4) is 0 Å². The number of anilines is 1. The van der Waals surface area contributed by atoms with Crippen molar-refractivity contribution >= 4 is 22.9 Å². The Hall–Kier alpha value is -3.65. The number of benzene rings is 2. The average Bonchev–Trinajstić information content (AvgIpc) is 3.47. The first-order chi connectivity index (χ1) is 15.2. The summed E-state index contributed by atoms with van der Waals surface area (Å²) in [6.45, 7) is 2.54. The number of aryl methyl sites for hydroxylation is 1. The maximum Gasteiger partial charge on any atom is 0.227 e. The minimum absolute atomic E-state index is 0.168. The van der Waals surface area contributed by atoms with Gasteiger partial charge in [-0.05, 0) is 54.8 Å². The highest BCUT2D eigenvalue weighted by molar-refractivity contribution is 7.13. The zero-order chi connectivity index (χ0) is 21.5. The Bertz CT molecular complexity index is 1120. The van der Waals surface area contributed by atoms with Crippen LogP contribution in [-0.2, 0) is 11.2 Å². The van der Waals surface area contributed by atoms with Crippen LogP contribution in [0, 0.1) is 0 Å². The van der Waals surface area contributed by atoms with E-state index in [1.807, 2.05) is 60.8 Å². The third-order valence-electron chi connectivity index (χ3n) is 4.30. The lowest BCUT2D eigenvalue weighted by Gasteiger charge is -2.12. The Labute approximate surface area is 183 Å². The summed E-state index contributed by atoms with van der Waals surface area (Å²) in [4.78, 5) is 17.7. The summed E-state index contributed by atoms with van der Waals surface area (Å²) >= 11 is 1.54. The number of para-hydroxylation sites is 2. The molecule has 0 saturated heterocycles. The third kappa shape index (κ3) is 5.49. The van der Waals surface area contributed by atoms with Gasteiger partial charge in [0.25, 0.3) is 0 Å². The molecule has 0 aliphatic carbocycles. The number of amides is 1. The van der Waals surface area contributed by atoms with Crippen LogP contribution in [0.4, 0.5) is 5.69 Å². The molecule has 31 heavy (non-hydrogen) atoms. The van der Waals surface area contributed by atoms with Crippen molar-refractivity contribution in [3.8, 4) is 28.0 Å². The van der Waals surface area contributed by atoms with Crippen molar-refractivity contribution in [1.29, 1.82) is 0 Å². The highest BCUT2D eigenvalue weighted by atomic mass is 32.1. The Morgan fingerprint density at radius 2 is 1.87 bits per heavy atom. The van der Waals surface area contributed by atoms with E-state index in [2.05, 4.69) is 15.5 Å². The monoisotopic (exact) mass is 435 g/mol. The number of hydrogen-bond donors (Lipinski definition) is 1. The van der Waals surface area contributed by atoms with E-state index >= 15 is 0 Å². The van der Waals surface area contributed by atoms with Gasteiger partial charge in [-0.15, -0.1) is 11.3 Å². The second-order valence-corrected chi connectivity index (χ2v) is 7.49. The second kappa shape index (κ2) is 9.90. The second-order valence-electron chi connectivity index (χ2n) is 6.54. The quantitative estimate of drug-likeness (QED) is 0.370. The van der Waals surface area contributed by atoms with Gasteiger partial charge < -0.3 is 19.3 Å². The predicted molar refractivity (Wildman–Crippen MR) is 119 cm³/mol. The Morgan fingerprint density at radius 1 is 1.06 bits per heavy atom. The molecule has 4 rings (SSSR count). The minimum Gasteiger partial charge on any atom is -0.494 e. The first-order valence-corrected chi connectivity index (χ1v) is 10.8. The van der Waals surface area contributed by atoms with E-state index < -0.39 is 0 Å². The van der Waals surface area contributed by atoms with Crippen molar-refractivity contribution in [2.24, 2.45) is 0 Å². The van der Waals surface area contributed by atoms with Crippen LogP contribution in [0.5, 0.6) is 17.2 Å². The van der Waals surface area contributed by atoms with Gasteiger partial charge in [0.1, 0.15) is 11.5 Å². The molecule has 7 nitrogen and oxygen atoms in total. The number of carbonyl (C=O) groups excluding carboxylic acids is 1. The molecule has 1 N–H and O–H groups in total. The fourth-order valence-electron chi connectivity index (χ4n) is 2.85. The maximum absolute atomic E-state index is 12.5. The fraction of sp³-hybridized carbons (Fsp3) is 0.174. The van der Waals surface area contributed by atoms with Gasteiger partial charge in [-0.1, -0.05) is 23.4 Å². The molecule has 0 saturated carbocycles. The third-order valence-corrected chi connectivity index (χ3v) is 5.17. The van der Waals surface area contributed by atoms with E-state index in [1.165, 1.54) is 11.3 Å². The van der Waals surface area contributed by atoms with E-state index in [4.69, 9.17) is 14.0 Å². The van der Waals surface area contributed by atoms with Crippen LogP contribution in [0.1, 0.15) is 19.2 Å². The van der Waals surface area contributed by atoms with Gasteiger partial charge in [0.15, 0.2) is 5.75 Å². The fourth-order valence-corrected chi connectivity index (χ4v) is 3.50. The van der Waals surface area contributed by atoms with Crippen molar-refractivity contribution in [1.82, 2.24) is 10.1 Å². The summed E-state index contributed by atoms with van der Waals surface area (Å²) in [5.41, 5.74) is 0.589. The van der Waals surface area contributed by atoms with Crippen LogP contribution in [0.2, 0.25) is 0 Å². The number of rotatable bonds is 9. The molecule has 1 amide bonds. The molecule has 8 heteroatoms. The van der Waals surface area contributed by atoms with Gasteiger partial charge in [0.05, 0.1) is 17.2 Å². The first-order valence-electron chi connectivity index (χ1n) is 9.87. The van der Waals surface area contributed by atoms with Crippen molar-refractivity contribution < 1.29 is 18.8 Å². The summed E-state index contributed by atoms with van der Waals surface area (Å²) in [5, 5.41) is 8.80. The van der Waals surface area contributed by atoms with Gasteiger partial charge in [-0.2, -0.15) is 4.98 Å². The number of nitrogens with one attached hydrogen (secondary N) is 1. The number of aromatic nitrogens is 2. The summed E-state index contributed by atoms with van der Waals surface area (Å²) < 4.78 is 16.6. The number of thiophene rings is 1. The lowest BCUT2D eigenvalue weighted by molar-refractivity contribution is -0.116. The molecule has 0 fully saturated rings. The maximum atomic E-state index is 12.5. The minimum atomic E-state index is -0.168. The molecule has 0 atom stereocenters. The number of hydrogen-bond acceptors (Lipinski definition) is 7. The molecule has 2 aromatic heterocycles. The SMILES string of the molecule is CCOc1ccc(Oc2ccccc2NC(=O)CCc2nc(-c3cccs3)no2)cc1. The zero-order valence-electron chi connectivity index (χ0n) is 16.9. The van der Waals surface area contributed by atoms with E-state index in [-0.39, 0.29) is 12.3 Å². The van der Waals surface area contributed by atoms with Crippen LogP contribution < -0.4 is 14.8 Å². The van der Waals surface area contributed by atoms with Crippen molar-refractivity contribution in [3.05, 3.63) is 71.9 Å². The standard InChI is InChI=1S/C23H21N3O4S/c1-2-28-16-9-11-17(12-10-16)29-19-7-4-3-6-18(19)24-21(27)13-14-22-25-23(26-30-22)20-8-5-15-31-20/h3-12,15H,2,13-14H2,1H3,(H,24,27). The van der Waals surface area contributed by atoms with Crippen LogP contribution in [-0.4, -0.2) is 22.7 Å². The predicted octanol–water partition coefficient (Wildman–Crippen LogP) is 5.56. The average molecular weight is 436 g/mol. The lowest BCUT2D eigenvalue weighted by atomic mass is 10.2. The largest absolute Gasteiger partial charge is 0.494 e. The van der Waals surface area contributed by atoms with Crippen LogP contribution in [0.15, 0.2) is 70.6 Å². The van der Waals surface area contributed by atoms with Crippen molar-refractivity contribution in [2.45, 2.75) is 19.8 Å². The molecule has 2 heterocycles. The van der Waals surface area contributed by atoms with E-state index in [0.717, 1.165) is 10.6 Å². The lowest BCUT2D eigenvalue weighted by Crippen LogP contribution is -2.13. The Morgan fingerprint density at radius 3 is 2.65 bits per heavy atom. The van der Waals surface area contributed by atoms with Crippen LogP contribution in [0.25, 0.3) is 10.7 Å². The first kappa shape index (κ1) is 20.6. The number of carbonyl (C=O) groups is 1. The molecule has 0 bridgehead atoms.